The second-order valence-corrected chi connectivity index (χ2v) is 8.16. The molecule has 0 aliphatic carbocycles. The molecule has 1 aromatic carbocycles. The molecular formula is C18H28N3O5P. The highest BCUT2D eigenvalue weighted by molar-refractivity contribution is 7.56. The van der Waals surface area contributed by atoms with E-state index in [0.29, 0.717) is 11.3 Å². The average Bonchev–Trinajstić information content (AvgIpc) is 2.98. The van der Waals surface area contributed by atoms with Gasteiger partial charge in [0.15, 0.2) is 0 Å². The Balaban J connectivity index is 2.57. The maximum absolute atomic E-state index is 13.5. The number of carbonyl (C=O) groups is 1. The first-order valence-corrected chi connectivity index (χ1v) is 10.5. The lowest BCUT2D eigenvalue weighted by Gasteiger charge is -2.20. The number of methoxy groups -OCH3 is 1. The summed E-state index contributed by atoms with van der Waals surface area (Å²) in [5.74, 6) is 0.625. The lowest BCUT2D eigenvalue weighted by Crippen LogP contribution is -2.25. The van der Waals surface area contributed by atoms with Crippen molar-refractivity contribution in [2.45, 2.75) is 20.3 Å². The fourth-order valence-corrected chi connectivity index (χ4v) is 4.43. The predicted octanol–water partition coefficient (Wildman–Crippen LogP) is 3.49. The molecule has 0 fully saturated rings. The Morgan fingerprint density at radius 1 is 1.26 bits per heavy atom. The summed E-state index contributed by atoms with van der Waals surface area (Å²) in [6.07, 6.45) is 1.75. The van der Waals surface area contributed by atoms with Gasteiger partial charge in [-0.3, -0.25) is 8.86 Å². The topological polar surface area (TPSA) is 82.0 Å². The second-order valence-electron chi connectivity index (χ2n) is 6.21. The van der Waals surface area contributed by atoms with Gasteiger partial charge >= 0.3 is 13.8 Å². The van der Waals surface area contributed by atoms with Gasteiger partial charge < -0.3 is 14.4 Å². The van der Waals surface area contributed by atoms with Gasteiger partial charge in [-0.2, -0.15) is 0 Å². The van der Waals surface area contributed by atoms with Crippen molar-refractivity contribution in [3.8, 4) is 5.75 Å². The van der Waals surface area contributed by atoms with Crippen LogP contribution in [0.3, 0.4) is 0 Å². The highest BCUT2D eigenvalue weighted by atomic mass is 31.2. The van der Waals surface area contributed by atoms with E-state index < -0.39 is 13.8 Å². The molecule has 2 aromatic rings. The van der Waals surface area contributed by atoms with Gasteiger partial charge in [0, 0.05) is 24.2 Å². The highest BCUT2D eigenvalue weighted by Crippen LogP contribution is 2.48. The van der Waals surface area contributed by atoms with Crippen LogP contribution in [0.25, 0.3) is 10.9 Å². The quantitative estimate of drug-likeness (QED) is 0.653. The van der Waals surface area contributed by atoms with Gasteiger partial charge in [-0.1, -0.05) is 0 Å². The van der Waals surface area contributed by atoms with Crippen molar-refractivity contribution >= 4 is 24.7 Å². The molecule has 0 radical (unpaired) electrons. The predicted molar refractivity (Wildman–Crippen MR) is 106 cm³/mol. The number of aromatic nitrogens is 1. The summed E-state index contributed by atoms with van der Waals surface area (Å²) in [7, 11) is 1.82. The smallest absolute Gasteiger partial charge is 0.415 e. The van der Waals surface area contributed by atoms with E-state index in [2.05, 4.69) is 9.99 Å². The first-order chi connectivity index (χ1) is 12.8. The van der Waals surface area contributed by atoms with Crippen molar-refractivity contribution < 1.29 is 23.4 Å². The number of rotatable bonds is 9. The number of likely N-dealkylation sites (N-methyl/N-ethyl adjacent to an activating group) is 1. The fraction of sp³-hybridized carbons (Fsp3) is 0.500. The third-order valence-electron chi connectivity index (χ3n) is 4.00. The van der Waals surface area contributed by atoms with Crippen LogP contribution in [0.15, 0.2) is 24.4 Å². The zero-order valence-corrected chi connectivity index (χ0v) is 17.4. The van der Waals surface area contributed by atoms with Crippen LogP contribution in [-0.4, -0.2) is 56.3 Å². The first kappa shape index (κ1) is 21.3. The summed E-state index contributed by atoms with van der Waals surface area (Å²) >= 11 is 0. The van der Waals surface area contributed by atoms with Crippen LogP contribution >= 0.6 is 7.67 Å². The van der Waals surface area contributed by atoms with E-state index in [1.807, 2.05) is 26.2 Å². The van der Waals surface area contributed by atoms with Crippen LogP contribution in [0.1, 0.15) is 19.4 Å². The molecule has 1 aromatic heterocycles. The van der Waals surface area contributed by atoms with Gasteiger partial charge in [0.1, 0.15) is 5.75 Å². The molecule has 0 aliphatic heterocycles. The first-order valence-electron chi connectivity index (χ1n) is 8.87. The van der Waals surface area contributed by atoms with E-state index in [9.17, 15) is 9.36 Å². The molecule has 1 amide bonds. The van der Waals surface area contributed by atoms with Gasteiger partial charge in [0.25, 0.3) is 0 Å². The summed E-state index contributed by atoms with van der Waals surface area (Å²) in [6.45, 7) is 4.57. The SMILES string of the molecule is CCOC(=O)NP(=O)(OCC)n1cc(CCN(C)C)c2ccc(OC)cc21. The molecule has 0 aliphatic rings. The van der Waals surface area contributed by atoms with E-state index in [-0.39, 0.29) is 13.2 Å². The number of ether oxygens (including phenoxy) is 2. The Morgan fingerprint density at radius 3 is 2.59 bits per heavy atom. The van der Waals surface area contributed by atoms with Crippen LogP contribution in [0, 0.1) is 0 Å². The fourth-order valence-electron chi connectivity index (χ4n) is 2.75. The Bertz CT molecular complexity index is 834. The maximum atomic E-state index is 13.5. The summed E-state index contributed by atoms with van der Waals surface area (Å²) < 4.78 is 30.8. The molecule has 9 heteroatoms. The molecule has 0 bridgehead atoms. The molecule has 8 nitrogen and oxygen atoms in total. The van der Waals surface area contributed by atoms with Crippen molar-refractivity contribution in [1.29, 1.82) is 0 Å². The van der Waals surface area contributed by atoms with Gasteiger partial charge in [-0.25, -0.2) is 14.4 Å². The van der Waals surface area contributed by atoms with Crippen molar-refractivity contribution in [1.82, 2.24) is 14.3 Å². The van der Waals surface area contributed by atoms with Gasteiger partial charge in [-0.05, 0) is 52.1 Å². The van der Waals surface area contributed by atoms with E-state index in [0.717, 1.165) is 23.9 Å². The summed E-state index contributed by atoms with van der Waals surface area (Å²) in [6, 6.07) is 5.57. The van der Waals surface area contributed by atoms with Gasteiger partial charge in [0.05, 0.1) is 25.8 Å². The molecule has 1 N–H and O–H groups in total. The monoisotopic (exact) mass is 397 g/mol. The van der Waals surface area contributed by atoms with Crippen molar-refractivity contribution in [3.05, 3.63) is 30.0 Å². The minimum absolute atomic E-state index is 0.167. The third kappa shape index (κ3) is 5.03. The van der Waals surface area contributed by atoms with E-state index >= 15 is 0 Å². The molecule has 1 atom stereocenters. The Kier molecular flexibility index (Phi) is 7.30. The van der Waals surface area contributed by atoms with E-state index in [1.165, 1.54) is 4.34 Å². The minimum Gasteiger partial charge on any atom is -0.497 e. The zero-order chi connectivity index (χ0) is 20.0. The molecule has 2 rings (SSSR count). The number of benzene rings is 1. The number of amides is 1. The van der Waals surface area contributed by atoms with Crippen molar-refractivity contribution in [3.63, 3.8) is 0 Å². The highest BCUT2D eigenvalue weighted by Gasteiger charge is 2.31. The normalized spacial score (nSPS) is 13.6. The number of fused-ring (bicyclic) bond motifs is 1. The van der Waals surface area contributed by atoms with Crippen LogP contribution < -0.4 is 9.82 Å². The minimum atomic E-state index is -3.74. The summed E-state index contributed by atoms with van der Waals surface area (Å²) in [5, 5.41) is 3.34. The van der Waals surface area contributed by atoms with E-state index in [4.69, 9.17) is 14.0 Å². The van der Waals surface area contributed by atoms with Crippen LogP contribution in [0.2, 0.25) is 0 Å². The van der Waals surface area contributed by atoms with Crippen LogP contribution in [-0.2, 0) is 20.2 Å². The zero-order valence-electron chi connectivity index (χ0n) is 16.5. The van der Waals surface area contributed by atoms with Crippen molar-refractivity contribution in [2.75, 3.05) is 41.0 Å². The number of carbonyl (C=O) groups excluding carboxylic acids is 1. The number of hydrogen-bond donors (Lipinski definition) is 1. The molecule has 27 heavy (non-hydrogen) atoms. The Morgan fingerprint density at radius 2 is 2.00 bits per heavy atom. The lowest BCUT2D eigenvalue weighted by atomic mass is 10.1. The average molecular weight is 397 g/mol. The molecule has 1 heterocycles. The molecule has 0 saturated heterocycles. The second kappa shape index (κ2) is 9.26. The third-order valence-corrected chi connectivity index (χ3v) is 5.97. The molecule has 0 spiro atoms. The van der Waals surface area contributed by atoms with Gasteiger partial charge in [0.2, 0.25) is 0 Å². The molecule has 150 valence electrons. The largest absolute Gasteiger partial charge is 0.497 e. The van der Waals surface area contributed by atoms with Crippen LogP contribution in [0.5, 0.6) is 5.75 Å². The Hall–Kier alpha value is -2.02. The molecule has 0 saturated carbocycles. The molecule has 1 unspecified atom stereocenters. The standard InChI is InChI=1S/C18H28N3O5P/c1-6-25-18(22)19-27(23,26-7-2)21-13-14(10-11-20(3)4)16-9-8-15(24-5)12-17(16)21/h8-9,12-13H,6-7,10-11H2,1-5H3,(H,19,22,23). The van der Waals surface area contributed by atoms with Gasteiger partial charge in [-0.15, -0.1) is 0 Å². The number of nitrogens with one attached hydrogen (secondary N) is 1. The van der Waals surface area contributed by atoms with Crippen molar-refractivity contribution in [2.24, 2.45) is 0 Å². The number of hydrogen-bond acceptors (Lipinski definition) is 6. The molecular weight excluding hydrogens is 369 g/mol. The lowest BCUT2D eigenvalue weighted by molar-refractivity contribution is 0.156. The summed E-state index contributed by atoms with van der Waals surface area (Å²) in [4.78, 5) is 14.0. The summed E-state index contributed by atoms with van der Waals surface area (Å²) in [5.41, 5.74) is 1.67. The Labute approximate surface area is 159 Å². The van der Waals surface area contributed by atoms with E-state index in [1.54, 1.807) is 33.2 Å². The number of nitrogens with zero attached hydrogens (tertiary/aromatic N) is 2. The maximum Gasteiger partial charge on any atom is 0.415 e. The van der Waals surface area contributed by atoms with Crippen LogP contribution in [0.4, 0.5) is 4.79 Å².